The molecule has 4 rings (SSSR count). The molecule has 0 spiro atoms. The summed E-state index contributed by atoms with van der Waals surface area (Å²) >= 11 is 0. The lowest BCUT2D eigenvalue weighted by atomic mass is 10.1. The van der Waals surface area contributed by atoms with Gasteiger partial charge in [-0.05, 0) is 31.5 Å². The summed E-state index contributed by atoms with van der Waals surface area (Å²) in [4.78, 5) is 17.4. The number of aryl methyl sites for hydroxylation is 2. The maximum Gasteiger partial charge on any atom is 0.416 e. The van der Waals surface area contributed by atoms with Crippen LogP contribution in [-0.2, 0) is 12.7 Å². The molecule has 8 heteroatoms. The summed E-state index contributed by atoms with van der Waals surface area (Å²) in [6.45, 7) is 4.01. The van der Waals surface area contributed by atoms with Gasteiger partial charge in [0.2, 0.25) is 0 Å². The summed E-state index contributed by atoms with van der Waals surface area (Å²) in [6.07, 6.45) is -4.43. The molecule has 0 N–H and O–H groups in total. The van der Waals surface area contributed by atoms with Crippen LogP contribution in [0, 0.1) is 13.8 Å². The van der Waals surface area contributed by atoms with Crippen LogP contribution in [0.5, 0.6) is 0 Å². The zero-order valence-electron chi connectivity index (χ0n) is 15.7. The molecular formula is C21H17F3N4O. The third kappa shape index (κ3) is 3.65. The fourth-order valence-corrected chi connectivity index (χ4v) is 3.12. The lowest BCUT2D eigenvalue weighted by Crippen LogP contribution is -2.23. The van der Waals surface area contributed by atoms with E-state index in [9.17, 15) is 18.0 Å². The molecule has 2 aromatic carbocycles. The number of hydrogen-bond donors (Lipinski definition) is 0. The predicted molar refractivity (Wildman–Crippen MR) is 103 cm³/mol. The Bertz CT molecular complexity index is 1240. The number of hydrogen-bond acceptors (Lipinski definition) is 3. The number of rotatable bonds is 3. The minimum absolute atomic E-state index is 0.258. The maximum absolute atomic E-state index is 13.0. The Kier molecular flexibility index (Phi) is 4.49. The Morgan fingerprint density at radius 3 is 2.24 bits per heavy atom. The summed E-state index contributed by atoms with van der Waals surface area (Å²) in [6, 6.07) is 14.0. The van der Waals surface area contributed by atoms with Gasteiger partial charge in [0.1, 0.15) is 5.82 Å². The van der Waals surface area contributed by atoms with Crippen molar-refractivity contribution in [1.82, 2.24) is 19.2 Å². The van der Waals surface area contributed by atoms with Crippen LogP contribution >= 0.6 is 0 Å². The van der Waals surface area contributed by atoms with Crippen molar-refractivity contribution in [3.05, 3.63) is 87.5 Å². The van der Waals surface area contributed by atoms with Crippen LogP contribution < -0.4 is 5.69 Å². The molecule has 0 unspecified atom stereocenters. The van der Waals surface area contributed by atoms with E-state index in [1.807, 2.05) is 31.2 Å². The molecule has 0 saturated heterocycles. The van der Waals surface area contributed by atoms with Gasteiger partial charge in [-0.3, -0.25) is 0 Å². The molecular weight excluding hydrogens is 381 g/mol. The molecule has 2 aromatic heterocycles. The third-order valence-corrected chi connectivity index (χ3v) is 4.62. The Morgan fingerprint density at radius 1 is 0.966 bits per heavy atom. The molecule has 0 atom stereocenters. The first-order chi connectivity index (χ1) is 13.7. The second-order valence-corrected chi connectivity index (χ2v) is 6.92. The fourth-order valence-electron chi connectivity index (χ4n) is 3.12. The molecule has 148 valence electrons. The topological polar surface area (TPSA) is 52.2 Å². The van der Waals surface area contributed by atoms with Crippen molar-refractivity contribution in [3.63, 3.8) is 0 Å². The smallest absolute Gasteiger partial charge is 0.245 e. The molecule has 29 heavy (non-hydrogen) atoms. The molecule has 0 aliphatic heterocycles. The number of aromatic nitrogens is 4. The summed E-state index contributed by atoms with van der Waals surface area (Å²) in [7, 11) is 0. The Morgan fingerprint density at radius 2 is 1.62 bits per heavy atom. The van der Waals surface area contributed by atoms with E-state index in [0.717, 1.165) is 23.3 Å². The normalized spacial score (nSPS) is 11.9. The highest BCUT2D eigenvalue weighted by molar-refractivity contribution is 5.60. The van der Waals surface area contributed by atoms with E-state index in [1.165, 1.54) is 21.2 Å². The predicted octanol–water partition coefficient (Wildman–Crippen LogP) is 4.24. The van der Waals surface area contributed by atoms with E-state index in [4.69, 9.17) is 0 Å². The van der Waals surface area contributed by atoms with Gasteiger partial charge in [-0.1, -0.05) is 42.0 Å². The van der Waals surface area contributed by atoms with Gasteiger partial charge in [-0.2, -0.15) is 13.2 Å². The highest BCUT2D eigenvalue weighted by atomic mass is 19.4. The van der Waals surface area contributed by atoms with E-state index in [1.54, 1.807) is 13.0 Å². The van der Waals surface area contributed by atoms with Crippen molar-refractivity contribution in [2.75, 3.05) is 0 Å². The maximum atomic E-state index is 13.0. The molecule has 4 aromatic rings. The van der Waals surface area contributed by atoms with E-state index in [0.29, 0.717) is 16.9 Å². The first-order valence-corrected chi connectivity index (χ1v) is 8.93. The van der Waals surface area contributed by atoms with Crippen molar-refractivity contribution in [3.8, 4) is 11.4 Å². The van der Waals surface area contributed by atoms with Crippen LogP contribution in [0.4, 0.5) is 13.2 Å². The lowest BCUT2D eigenvalue weighted by Gasteiger charge is -2.08. The number of benzene rings is 2. The van der Waals surface area contributed by atoms with Crippen molar-refractivity contribution < 1.29 is 13.2 Å². The highest BCUT2D eigenvalue weighted by Gasteiger charge is 2.30. The van der Waals surface area contributed by atoms with Crippen molar-refractivity contribution in [2.45, 2.75) is 26.6 Å². The van der Waals surface area contributed by atoms with Gasteiger partial charge in [0.05, 0.1) is 12.1 Å². The third-order valence-electron chi connectivity index (χ3n) is 4.62. The number of alkyl halides is 3. The zero-order valence-corrected chi connectivity index (χ0v) is 15.7. The molecule has 0 aliphatic rings. The molecule has 0 bridgehead atoms. The van der Waals surface area contributed by atoms with Gasteiger partial charge in [-0.15, -0.1) is 5.10 Å². The summed E-state index contributed by atoms with van der Waals surface area (Å²) in [5, 5.41) is 4.38. The van der Waals surface area contributed by atoms with E-state index < -0.39 is 17.4 Å². The fraction of sp³-hybridized carbons (Fsp3) is 0.190. The van der Waals surface area contributed by atoms with Gasteiger partial charge in [0.15, 0.2) is 5.65 Å². The molecule has 0 fully saturated rings. The van der Waals surface area contributed by atoms with Crippen molar-refractivity contribution >= 4 is 5.65 Å². The minimum Gasteiger partial charge on any atom is -0.245 e. The lowest BCUT2D eigenvalue weighted by molar-refractivity contribution is -0.137. The van der Waals surface area contributed by atoms with Gasteiger partial charge < -0.3 is 0 Å². The highest BCUT2D eigenvalue weighted by Crippen LogP contribution is 2.30. The first-order valence-electron chi connectivity index (χ1n) is 8.93. The van der Waals surface area contributed by atoms with Crippen LogP contribution in [0.15, 0.2) is 59.4 Å². The summed E-state index contributed by atoms with van der Waals surface area (Å²) in [5.41, 5.74) is 2.28. The van der Waals surface area contributed by atoms with Crippen LogP contribution in [-0.4, -0.2) is 19.2 Å². The average molecular weight is 398 g/mol. The van der Waals surface area contributed by atoms with E-state index >= 15 is 0 Å². The average Bonchev–Trinajstić information content (AvgIpc) is 2.97. The van der Waals surface area contributed by atoms with Crippen molar-refractivity contribution in [2.24, 2.45) is 0 Å². The van der Waals surface area contributed by atoms with Gasteiger partial charge in [-0.25, -0.2) is 18.9 Å². The molecule has 0 amide bonds. The second-order valence-electron chi connectivity index (χ2n) is 6.92. The van der Waals surface area contributed by atoms with Crippen LogP contribution in [0.2, 0.25) is 0 Å². The molecule has 0 saturated carbocycles. The number of fused-ring (bicyclic) bond motifs is 1. The number of nitrogens with zero attached hydrogens (tertiary/aromatic N) is 4. The zero-order chi connectivity index (χ0) is 20.8. The molecule has 0 aliphatic carbocycles. The van der Waals surface area contributed by atoms with Gasteiger partial charge in [0, 0.05) is 17.3 Å². The Hall–Kier alpha value is -3.42. The van der Waals surface area contributed by atoms with Gasteiger partial charge >= 0.3 is 11.9 Å². The standard InChI is InChI=1S/C21H17F3N4O/c1-13-3-5-15(6-4-13)12-27-20(29)28-18(26-27)11-14(2)25-19(28)16-7-9-17(10-8-16)21(22,23)24/h3-11H,12H2,1-2H3. The van der Waals surface area contributed by atoms with Crippen LogP contribution in [0.3, 0.4) is 0 Å². The molecule has 5 nitrogen and oxygen atoms in total. The van der Waals surface area contributed by atoms with E-state index in [-0.39, 0.29) is 12.4 Å². The van der Waals surface area contributed by atoms with Crippen LogP contribution in [0.1, 0.15) is 22.4 Å². The van der Waals surface area contributed by atoms with Crippen molar-refractivity contribution in [1.29, 1.82) is 0 Å². The second kappa shape index (κ2) is 6.88. The molecule has 2 heterocycles. The van der Waals surface area contributed by atoms with Crippen LogP contribution in [0.25, 0.3) is 17.0 Å². The summed E-state index contributed by atoms with van der Waals surface area (Å²) in [5.74, 6) is 0.258. The van der Waals surface area contributed by atoms with E-state index in [2.05, 4.69) is 10.1 Å². The SMILES string of the molecule is Cc1ccc(Cn2nc3cc(C)nc(-c4ccc(C(F)(F)F)cc4)n3c2=O)cc1. The number of halogens is 3. The minimum atomic E-state index is -4.43. The summed E-state index contributed by atoms with van der Waals surface area (Å²) < 4.78 is 41.2. The first kappa shape index (κ1) is 18.9. The molecule has 0 radical (unpaired) electrons. The quantitative estimate of drug-likeness (QED) is 0.519. The Labute approximate surface area is 164 Å². The van der Waals surface area contributed by atoms with Gasteiger partial charge in [0.25, 0.3) is 0 Å². The monoisotopic (exact) mass is 398 g/mol. The largest absolute Gasteiger partial charge is 0.416 e. The Balaban J connectivity index is 1.82.